The van der Waals surface area contributed by atoms with Crippen LogP contribution in [0.2, 0.25) is 10.0 Å². The maximum absolute atomic E-state index is 12.0. The minimum atomic E-state index is -0.367. The van der Waals surface area contributed by atoms with Gasteiger partial charge in [0.2, 0.25) is 0 Å². The highest BCUT2D eigenvalue weighted by molar-refractivity contribution is 6.36. The molecule has 1 heterocycles. The molecule has 0 fully saturated rings. The van der Waals surface area contributed by atoms with Crippen LogP contribution >= 0.6 is 23.2 Å². The standard InChI is InChI=1S/C22H20Cl2N2O3/c1-13-4-5-14(2)22(15(13)3)28-12-21(27)26-25-11-17-7-9-20(29-17)18-8-6-16(23)10-19(18)24/h4-11H,12H2,1-3H3,(H,26,27)/b25-11+. The molecule has 0 bridgehead atoms. The summed E-state index contributed by atoms with van der Waals surface area (Å²) in [6.45, 7) is 5.78. The van der Waals surface area contributed by atoms with Gasteiger partial charge in [-0.1, -0.05) is 35.3 Å². The Morgan fingerprint density at radius 2 is 1.86 bits per heavy atom. The third-order valence-electron chi connectivity index (χ3n) is 4.43. The molecule has 0 saturated carbocycles. The highest BCUT2D eigenvalue weighted by Crippen LogP contribution is 2.31. The first-order chi connectivity index (χ1) is 13.8. The monoisotopic (exact) mass is 430 g/mol. The lowest BCUT2D eigenvalue weighted by molar-refractivity contribution is -0.123. The summed E-state index contributed by atoms with van der Waals surface area (Å²) in [6, 6.07) is 12.6. The maximum Gasteiger partial charge on any atom is 0.277 e. The molecule has 0 saturated heterocycles. The molecule has 7 heteroatoms. The van der Waals surface area contributed by atoms with E-state index >= 15 is 0 Å². The molecule has 3 rings (SSSR count). The van der Waals surface area contributed by atoms with E-state index in [4.69, 9.17) is 32.4 Å². The molecule has 0 atom stereocenters. The predicted octanol–water partition coefficient (Wildman–Crippen LogP) is 5.71. The van der Waals surface area contributed by atoms with Crippen LogP contribution in [-0.4, -0.2) is 18.7 Å². The van der Waals surface area contributed by atoms with Crippen LogP contribution in [0, 0.1) is 20.8 Å². The van der Waals surface area contributed by atoms with Crippen molar-refractivity contribution in [2.24, 2.45) is 5.10 Å². The molecule has 29 heavy (non-hydrogen) atoms. The van der Waals surface area contributed by atoms with Gasteiger partial charge in [-0.15, -0.1) is 0 Å². The van der Waals surface area contributed by atoms with Crippen molar-refractivity contribution in [3.8, 4) is 17.1 Å². The van der Waals surface area contributed by atoms with Crippen molar-refractivity contribution in [2.45, 2.75) is 20.8 Å². The van der Waals surface area contributed by atoms with Gasteiger partial charge in [-0.05, 0) is 67.8 Å². The SMILES string of the molecule is Cc1ccc(C)c(OCC(=O)N/N=C/c2ccc(-c3ccc(Cl)cc3Cl)o2)c1C. The van der Waals surface area contributed by atoms with Crippen LogP contribution < -0.4 is 10.2 Å². The van der Waals surface area contributed by atoms with E-state index in [1.165, 1.54) is 6.21 Å². The number of nitrogens with one attached hydrogen (secondary N) is 1. The molecule has 0 spiro atoms. The third-order valence-corrected chi connectivity index (χ3v) is 4.97. The van der Waals surface area contributed by atoms with Gasteiger partial charge in [0.15, 0.2) is 6.61 Å². The Bertz CT molecular complexity index is 1070. The Morgan fingerprint density at radius 1 is 1.10 bits per heavy atom. The normalized spacial score (nSPS) is 11.1. The van der Waals surface area contributed by atoms with E-state index in [1.54, 1.807) is 30.3 Å². The van der Waals surface area contributed by atoms with Crippen molar-refractivity contribution in [1.29, 1.82) is 0 Å². The zero-order valence-electron chi connectivity index (χ0n) is 16.3. The third kappa shape index (κ3) is 5.19. The smallest absolute Gasteiger partial charge is 0.277 e. The number of halogens is 2. The van der Waals surface area contributed by atoms with Crippen molar-refractivity contribution >= 4 is 35.3 Å². The fourth-order valence-electron chi connectivity index (χ4n) is 2.74. The molecule has 0 aliphatic heterocycles. The van der Waals surface area contributed by atoms with E-state index in [1.807, 2.05) is 32.9 Å². The van der Waals surface area contributed by atoms with Gasteiger partial charge in [0.25, 0.3) is 5.91 Å². The van der Waals surface area contributed by atoms with E-state index < -0.39 is 0 Å². The van der Waals surface area contributed by atoms with Gasteiger partial charge < -0.3 is 9.15 Å². The van der Waals surface area contributed by atoms with Crippen molar-refractivity contribution in [3.05, 3.63) is 75.0 Å². The van der Waals surface area contributed by atoms with E-state index in [-0.39, 0.29) is 12.5 Å². The molecule has 1 amide bonds. The first-order valence-corrected chi connectivity index (χ1v) is 9.67. The molecule has 0 unspecified atom stereocenters. The Morgan fingerprint density at radius 3 is 2.62 bits per heavy atom. The lowest BCUT2D eigenvalue weighted by Crippen LogP contribution is -2.25. The quantitative estimate of drug-likeness (QED) is 0.402. The summed E-state index contributed by atoms with van der Waals surface area (Å²) in [5.41, 5.74) is 6.25. The average molecular weight is 431 g/mol. The summed E-state index contributed by atoms with van der Waals surface area (Å²) in [4.78, 5) is 12.0. The van der Waals surface area contributed by atoms with Gasteiger partial charge in [-0.25, -0.2) is 5.43 Å². The van der Waals surface area contributed by atoms with Crippen LogP contribution in [0.4, 0.5) is 0 Å². The summed E-state index contributed by atoms with van der Waals surface area (Å²) in [7, 11) is 0. The van der Waals surface area contributed by atoms with Crippen molar-refractivity contribution in [1.82, 2.24) is 5.43 Å². The summed E-state index contributed by atoms with van der Waals surface area (Å²) in [5, 5.41) is 4.94. The fraction of sp³-hybridized carbons (Fsp3) is 0.182. The van der Waals surface area contributed by atoms with Gasteiger partial charge in [-0.2, -0.15) is 5.10 Å². The summed E-state index contributed by atoms with van der Waals surface area (Å²) in [5.74, 6) is 1.40. The van der Waals surface area contributed by atoms with Gasteiger partial charge >= 0.3 is 0 Å². The van der Waals surface area contributed by atoms with Crippen molar-refractivity contribution in [3.63, 3.8) is 0 Å². The van der Waals surface area contributed by atoms with E-state index in [9.17, 15) is 4.79 Å². The highest BCUT2D eigenvalue weighted by atomic mass is 35.5. The van der Waals surface area contributed by atoms with E-state index in [2.05, 4.69) is 10.5 Å². The number of amides is 1. The maximum atomic E-state index is 12.0. The number of aryl methyl sites for hydroxylation is 2. The molecule has 150 valence electrons. The lowest BCUT2D eigenvalue weighted by Gasteiger charge is -2.13. The Kier molecular flexibility index (Phi) is 6.62. The molecule has 0 aliphatic rings. The number of hydrogen-bond acceptors (Lipinski definition) is 4. The van der Waals surface area contributed by atoms with Crippen LogP contribution in [0.3, 0.4) is 0 Å². The number of hydrogen-bond donors (Lipinski definition) is 1. The summed E-state index contributed by atoms with van der Waals surface area (Å²) < 4.78 is 11.3. The van der Waals surface area contributed by atoms with Gasteiger partial charge in [0, 0.05) is 10.6 Å². The number of hydrazone groups is 1. The Labute approximate surface area is 179 Å². The van der Waals surface area contributed by atoms with Gasteiger partial charge in [0.05, 0.1) is 11.2 Å². The largest absolute Gasteiger partial charge is 0.483 e. The second-order valence-electron chi connectivity index (χ2n) is 6.56. The van der Waals surface area contributed by atoms with Crippen LogP contribution in [0.1, 0.15) is 22.5 Å². The number of ether oxygens (including phenoxy) is 1. The van der Waals surface area contributed by atoms with E-state index in [0.29, 0.717) is 21.6 Å². The lowest BCUT2D eigenvalue weighted by atomic mass is 10.1. The molecule has 1 aromatic heterocycles. The second kappa shape index (κ2) is 9.16. The van der Waals surface area contributed by atoms with Crippen molar-refractivity contribution in [2.75, 3.05) is 6.61 Å². The molecular formula is C22H20Cl2N2O3. The number of benzene rings is 2. The topological polar surface area (TPSA) is 63.8 Å². The number of rotatable bonds is 6. The Balaban J connectivity index is 1.57. The summed E-state index contributed by atoms with van der Waals surface area (Å²) >= 11 is 12.1. The van der Waals surface area contributed by atoms with Crippen LogP contribution in [0.5, 0.6) is 5.75 Å². The minimum Gasteiger partial charge on any atom is -0.483 e. The average Bonchev–Trinajstić information content (AvgIpc) is 3.13. The number of carbonyl (C=O) groups is 1. The van der Waals surface area contributed by atoms with Gasteiger partial charge in [0.1, 0.15) is 17.3 Å². The zero-order valence-corrected chi connectivity index (χ0v) is 17.8. The van der Waals surface area contributed by atoms with Crippen molar-refractivity contribution < 1.29 is 13.9 Å². The minimum absolute atomic E-state index is 0.133. The predicted molar refractivity (Wildman–Crippen MR) is 116 cm³/mol. The molecule has 3 aromatic rings. The van der Waals surface area contributed by atoms with Crippen LogP contribution in [0.15, 0.2) is 52.0 Å². The molecule has 5 nitrogen and oxygen atoms in total. The molecule has 0 aliphatic carbocycles. The summed E-state index contributed by atoms with van der Waals surface area (Å²) in [6.07, 6.45) is 1.41. The van der Waals surface area contributed by atoms with Gasteiger partial charge in [-0.3, -0.25) is 4.79 Å². The fourth-order valence-corrected chi connectivity index (χ4v) is 3.24. The molecule has 0 radical (unpaired) electrons. The number of furan rings is 1. The number of carbonyl (C=O) groups excluding carboxylic acids is 1. The van der Waals surface area contributed by atoms with Crippen LogP contribution in [0.25, 0.3) is 11.3 Å². The first-order valence-electron chi connectivity index (χ1n) is 8.92. The second-order valence-corrected chi connectivity index (χ2v) is 7.41. The molecule has 2 aromatic carbocycles. The highest BCUT2D eigenvalue weighted by Gasteiger charge is 2.10. The first kappa shape index (κ1) is 21.0. The Hall–Kier alpha value is -2.76. The zero-order chi connectivity index (χ0) is 21.0. The molecular weight excluding hydrogens is 411 g/mol. The van der Waals surface area contributed by atoms with E-state index in [0.717, 1.165) is 28.0 Å². The molecule has 1 N–H and O–H groups in total. The van der Waals surface area contributed by atoms with Crippen LogP contribution in [-0.2, 0) is 4.79 Å². The number of nitrogens with zero attached hydrogens (tertiary/aromatic N) is 1.